The number of hydrogen-bond acceptors (Lipinski definition) is 6. The first-order valence-electron chi connectivity index (χ1n) is 13.2. The van der Waals surface area contributed by atoms with Crippen LogP contribution in [-0.4, -0.2) is 18.4 Å². The number of ether oxygens (including phenoxy) is 3. The fourth-order valence-electron chi connectivity index (χ4n) is 4.72. The van der Waals surface area contributed by atoms with E-state index >= 15 is 0 Å². The maximum atomic E-state index is 13.6. The van der Waals surface area contributed by atoms with Gasteiger partial charge in [0, 0.05) is 17.0 Å². The maximum absolute atomic E-state index is 13.6. The Bertz CT molecular complexity index is 1760. The highest BCUT2D eigenvalue weighted by Crippen LogP contribution is 2.38. The molecule has 0 radical (unpaired) electrons. The van der Waals surface area contributed by atoms with E-state index in [9.17, 15) is 9.59 Å². The molecule has 4 aromatic carbocycles. The molecule has 1 aliphatic heterocycles. The van der Waals surface area contributed by atoms with Gasteiger partial charge in [0.05, 0.1) is 12.2 Å². The monoisotopic (exact) mass is 530 g/mol. The molecule has 0 bridgehead atoms. The summed E-state index contributed by atoms with van der Waals surface area (Å²) in [6, 6.07) is 27.5. The summed E-state index contributed by atoms with van der Waals surface area (Å²) in [5, 5.41) is 0.585. The van der Waals surface area contributed by atoms with E-state index in [-0.39, 0.29) is 22.9 Å². The number of furan rings is 1. The first-order valence-corrected chi connectivity index (χ1v) is 13.2. The quantitative estimate of drug-likeness (QED) is 0.121. The molecular formula is C34H26O6. The molecule has 0 unspecified atom stereocenters. The topological polar surface area (TPSA) is 75.0 Å². The highest BCUT2D eigenvalue weighted by Gasteiger charge is 2.29. The van der Waals surface area contributed by atoms with Crippen LogP contribution in [0.3, 0.4) is 0 Å². The molecule has 1 aromatic heterocycles. The summed E-state index contributed by atoms with van der Waals surface area (Å²) in [6.45, 7) is 4.48. The van der Waals surface area contributed by atoms with E-state index in [1.165, 1.54) is 5.56 Å². The van der Waals surface area contributed by atoms with Gasteiger partial charge in [-0.05, 0) is 60.9 Å². The first-order chi connectivity index (χ1) is 19.5. The molecule has 6 heteroatoms. The second kappa shape index (κ2) is 10.6. The predicted octanol–water partition coefficient (Wildman–Crippen LogP) is 7.90. The van der Waals surface area contributed by atoms with Gasteiger partial charge in [-0.2, -0.15) is 0 Å². The summed E-state index contributed by atoms with van der Waals surface area (Å²) in [6.07, 6.45) is 2.65. The van der Waals surface area contributed by atoms with Gasteiger partial charge in [0.1, 0.15) is 34.2 Å². The van der Waals surface area contributed by atoms with Gasteiger partial charge in [0.15, 0.2) is 5.76 Å². The number of hydrogen-bond donors (Lipinski definition) is 0. The summed E-state index contributed by atoms with van der Waals surface area (Å²) in [5.41, 5.74) is 4.07. The second-order valence-electron chi connectivity index (χ2n) is 9.35. The van der Waals surface area contributed by atoms with Crippen LogP contribution in [-0.2, 0) is 6.42 Å². The smallest absolute Gasteiger partial charge is 0.348 e. The largest absolute Gasteiger partial charge is 0.494 e. The van der Waals surface area contributed by atoms with E-state index < -0.39 is 5.97 Å². The Morgan fingerprint density at radius 1 is 0.875 bits per heavy atom. The molecule has 0 fully saturated rings. The zero-order valence-electron chi connectivity index (χ0n) is 22.1. The zero-order chi connectivity index (χ0) is 27.6. The molecule has 198 valence electrons. The third-order valence-electron chi connectivity index (χ3n) is 6.75. The highest BCUT2D eigenvalue weighted by molar-refractivity contribution is 6.15. The molecular weight excluding hydrogens is 504 g/mol. The van der Waals surface area contributed by atoms with Crippen molar-refractivity contribution in [2.75, 3.05) is 6.61 Å². The van der Waals surface area contributed by atoms with Crippen molar-refractivity contribution >= 4 is 28.8 Å². The number of aryl methyl sites for hydroxylation is 1. The Balaban J connectivity index is 1.31. The van der Waals surface area contributed by atoms with Crippen molar-refractivity contribution in [3.8, 4) is 28.6 Å². The van der Waals surface area contributed by atoms with Crippen LogP contribution in [0.4, 0.5) is 0 Å². The molecule has 0 aliphatic carbocycles. The lowest BCUT2D eigenvalue weighted by Crippen LogP contribution is -2.09. The maximum Gasteiger partial charge on any atom is 0.348 e. The summed E-state index contributed by atoms with van der Waals surface area (Å²) in [5.74, 6) is 1.02. The van der Waals surface area contributed by atoms with Crippen LogP contribution in [0.5, 0.6) is 17.2 Å². The lowest BCUT2D eigenvalue weighted by atomic mass is 10.1. The molecule has 6 rings (SSSR count). The molecule has 0 N–H and O–H groups in total. The van der Waals surface area contributed by atoms with Crippen molar-refractivity contribution in [2.24, 2.45) is 0 Å². The molecule has 5 aromatic rings. The Labute approximate surface area is 231 Å². The standard InChI is InChI=1S/C34H26O6/c1-3-21-10-12-22(13-11-21)18-30-32(35)26-16-14-25(20-29(26)39-30)38-34(36)31-27-19-24(37-4-2)15-17-28(27)40-33(31)23-8-6-5-7-9-23/h5-20H,3-4H2,1-2H3. The third kappa shape index (κ3) is 4.76. The number of allylic oxidation sites excluding steroid dienone is 1. The van der Waals surface area contributed by atoms with Crippen LogP contribution in [0.1, 0.15) is 45.7 Å². The minimum atomic E-state index is -0.595. The fraction of sp³-hybridized carbons (Fsp3) is 0.118. The predicted molar refractivity (Wildman–Crippen MR) is 153 cm³/mol. The van der Waals surface area contributed by atoms with Gasteiger partial charge in [0.25, 0.3) is 0 Å². The van der Waals surface area contributed by atoms with Crippen molar-refractivity contribution in [3.05, 3.63) is 119 Å². The third-order valence-corrected chi connectivity index (χ3v) is 6.75. The van der Waals surface area contributed by atoms with Gasteiger partial charge in [-0.15, -0.1) is 0 Å². The van der Waals surface area contributed by atoms with Gasteiger partial charge in [-0.3, -0.25) is 4.79 Å². The van der Waals surface area contributed by atoms with E-state index in [2.05, 4.69) is 6.92 Å². The Hall–Kier alpha value is -5.10. The number of benzene rings is 4. The van der Waals surface area contributed by atoms with Crippen LogP contribution in [0.25, 0.3) is 28.4 Å². The van der Waals surface area contributed by atoms with E-state index in [1.54, 1.807) is 42.5 Å². The Kier molecular flexibility index (Phi) is 6.66. The molecule has 0 amide bonds. The number of rotatable bonds is 7. The summed E-state index contributed by atoms with van der Waals surface area (Å²) in [7, 11) is 0. The van der Waals surface area contributed by atoms with Crippen LogP contribution in [0.15, 0.2) is 101 Å². The Morgan fingerprint density at radius 3 is 2.40 bits per heavy atom. The SMILES string of the molecule is CCOc1ccc2oc(-c3ccccc3)c(C(=O)Oc3ccc4c(c3)OC(=Cc3ccc(CC)cc3)C4=O)c2c1. The summed E-state index contributed by atoms with van der Waals surface area (Å²) >= 11 is 0. The number of carbonyl (C=O) groups excluding carboxylic acids is 2. The lowest BCUT2D eigenvalue weighted by Gasteiger charge is -2.07. The lowest BCUT2D eigenvalue weighted by molar-refractivity contribution is 0.0736. The van der Waals surface area contributed by atoms with Crippen molar-refractivity contribution in [3.63, 3.8) is 0 Å². The van der Waals surface area contributed by atoms with Crippen molar-refractivity contribution in [1.82, 2.24) is 0 Å². The molecule has 1 aliphatic rings. The average molecular weight is 531 g/mol. The number of ketones is 1. The fourth-order valence-corrected chi connectivity index (χ4v) is 4.72. The summed E-state index contributed by atoms with van der Waals surface area (Å²) < 4.78 is 23.5. The van der Waals surface area contributed by atoms with Crippen LogP contribution in [0.2, 0.25) is 0 Å². The van der Waals surface area contributed by atoms with Gasteiger partial charge >= 0.3 is 5.97 Å². The minimum Gasteiger partial charge on any atom is -0.494 e. The van der Waals surface area contributed by atoms with E-state index in [0.717, 1.165) is 17.5 Å². The number of Topliss-reactive ketones (excluding diaryl/α,β-unsaturated/α-hetero) is 1. The molecule has 0 spiro atoms. The van der Waals surface area contributed by atoms with Crippen molar-refractivity contribution < 1.29 is 28.2 Å². The first kappa shape index (κ1) is 25.2. The second-order valence-corrected chi connectivity index (χ2v) is 9.35. The molecule has 40 heavy (non-hydrogen) atoms. The number of esters is 1. The highest BCUT2D eigenvalue weighted by atomic mass is 16.5. The van der Waals surface area contributed by atoms with Crippen molar-refractivity contribution in [1.29, 1.82) is 0 Å². The normalized spacial score (nSPS) is 13.3. The minimum absolute atomic E-state index is 0.219. The van der Waals surface area contributed by atoms with Crippen LogP contribution < -0.4 is 14.2 Å². The molecule has 2 heterocycles. The zero-order valence-corrected chi connectivity index (χ0v) is 22.1. The van der Waals surface area contributed by atoms with E-state index in [0.29, 0.717) is 40.4 Å². The summed E-state index contributed by atoms with van der Waals surface area (Å²) in [4.78, 5) is 26.6. The number of fused-ring (bicyclic) bond motifs is 2. The molecule has 0 atom stereocenters. The van der Waals surface area contributed by atoms with Crippen molar-refractivity contribution in [2.45, 2.75) is 20.3 Å². The van der Waals surface area contributed by atoms with E-state index in [1.807, 2.05) is 61.5 Å². The van der Waals surface area contributed by atoms with E-state index in [4.69, 9.17) is 18.6 Å². The number of carbonyl (C=O) groups is 2. The molecule has 0 saturated carbocycles. The van der Waals surface area contributed by atoms with Gasteiger partial charge < -0.3 is 18.6 Å². The van der Waals surface area contributed by atoms with Crippen LogP contribution >= 0.6 is 0 Å². The van der Waals surface area contributed by atoms with Gasteiger partial charge in [-0.25, -0.2) is 4.79 Å². The molecule has 6 nitrogen and oxygen atoms in total. The van der Waals surface area contributed by atoms with Gasteiger partial charge in [0.2, 0.25) is 5.78 Å². The van der Waals surface area contributed by atoms with Crippen LogP contribution in [0, 0.1) is 0 Å². The Morgan fingerprint density at radius 2 is 1.65 bits per heavy atom. The average Bonchev–Trinajstić information content (AvgIpc) is 3.51. The molecule has 0 saturated heterocycles. The van der Waals surface area contributed by atoms with Gasteiger partial charge in [-0.1, -0.05) is 61.5 Å².